The standard InChI is InChI=1S/C8H8.C7H10O/c1-2-8-6-4-3-5-7-8;1-3-5-7(8)6-4-2/h2-7H,1H2;3-4H,1-2,5-6H2. The summed E-state index contributed by atoms with van der Waals surface area (Å²) in [7, 11) is 0. The Morgan fingerprint density at radius 3 is 1.81 bits per heavy atom. The third-order valence-electron chi connectivity index (χ3n) is 1.78. The molecule has 1 aromatic carbocycles. The van der Waals surface area contributed by atoms with E-state index in [9.17, 15) is 4.79 Å². The summed E-state index contributed by atoms with van der Waals surface area (Å²) in [6.45, 7) is 10.5. The summed E-state index contributed by atoms with van der Waals surface area (Å²) in [6.07, 6.45) is 5.97. The molecule has 0 spiro atoms. The van der Waals surface area contributed by atoms with Crippen LogP contribution in [0.1, 0.15) is 18.4 Å². The predicted octanol–water partition coefficient (Wildman–Crippen LogP) is 4.04. The molecule has 0 N–H and O–H groups in total. The molecule has 0 atom stereocenters. The number of hydrogen-bond acceptors (Lipinski definition) is 1. The van der Waals surface area contributed by atoms with Crippen molar-refractivity contribution in [3.63, 3.8) is 0 Å². The molecule has 1 aromatic rings. The average Bonchev–Trinajstić information content (AvgIpc) is 2.32. The highest BCUT2D eigenvalue weighted by atomic mass is 16.1. The molecule has 1 nitrogen and oxygen atoms in total. The maximum absolute atomic E-state index is 10.5. The number of carbonyl (C=O) groups is 1. The zero-order valence-corrected chi connectivity index (χ0v) is 9.56. The van der Waals surface area contributed by atoms with Crippen LogP contribution in [-0.2, 0) is 4.79 Å². The summed E-state index contributed by atoms with van der Waals surface area (Å²) in [5, 5.41) is 0. The summed E-state index contributed by atoms with van der Waals surface area (Å²) >= 11 is 0. The van der Waals surface area contributed by atoms with Crippen molar-refractivity contribution in [3.8, 4) is 0 Å². The lowest BCUT2D eigenvalue weighted by molar-refractivity contribution is -0.117. The Bertz CT molecular complexity index is 324. The normalized spacial score (nSPS) is 8.25. The lowest BCUT2D eigenvalue weighted by Gasteiger charge is -1.85. The van der Waals surface area contributed by atoms with Gasteiger partial charge in [0.1, 0.15) is 5.78 Å². The molecule has 0 aliphatic heterocycles. The molecule has 16 heavy (non-hydrogen) atoms. The van der Waals surface area contributed by atoms with Gasteiger partial charge in [0.05, 0.1) is 0 Å². The Kier molecular flexibility index (Phi) is 8.52. The number of rotatable bonds is 5. The van der Waals surface area contributed by atoms with Crippen LogP contribution in [0.5, 0.6) is 0 Å². The fraction of sp³-hybridized carbons (Fsp3) is 0.133. The molecule has 1 heteroatoms. The maximum Gasteiger partial charge on any atom is 0.140 e. The second-order valence-corrected chi connectivity index (χ2v) is 3.14. The Balaban J connectivity index is 0.000000281. The molecule has 0 bridgehead atoms. The van der Waals surface area contributed by atoms with E-state index in [1.54, 1.807) is 12.2 Å². The van der Waals surface area contributed by atoms with E-state index in [4.69, 9.17) is 0 Å². The first-order valence-corrected chi connectivity index (χ1v) is 5.15. The van der Waals surface area contributed by atoms with Crippen molar-refractivity contribution < 1.29 is 4.79 Å². The van der Waals surface area contributed by atoms with Crippen LogP contribution in [-0.4, -0.2) is 5.78 Å². The highest BCUT2D eigenvalue weighted by Gasteiger charge is 1.91. The second kappa shape index (κ2) is 9.66. The molecule has 84 valence electrons. The number of hydrogen-bond donors (Lipinski definition) is 0. The second-order valence-electron chi connectivity index (χ2n) is 3.14. The van der Waals surface area contributed by atoms with Gasteiger partial charge in [-0.1, -0.05) is 55.1 Å². The Hall–Kier alpha value is -1.89. The van der Waals surface area contributed by atoms with Crippen molar-refractivity contribution in [1.82, 2.24) is 0 Å². The first kappa shape index (κ1) is 14.1. The fourth-order valence-corrected chi connectivity index (χ4v) is 0.994. The van der Waals surface area contributed by atoms with Crippen molar-refractivity contribution >= 4 is 11.9 Å². The third-order valence-corrected chi connectivity index (χ3v) is 1.78. The average molecular weight is 214 g/mol. The highest BCUT2D eigenvalue weighted by Crippen LogP contribution is 1.97. The molecule has 0 saturated heterocycles. The fourth-order valence-electron chi connectivity index (χ4n) is 0.994. The number of Topliss-reactive ketones (excluding diaryl/α,β-unsaturated/α-hetero) is 1. The van der Waals surface area contributed by atoms with E-state index in [1.807, 2.05) is 36.4 Å². The number of benzene rings is 1. The minimum Gasteiger partial charge on any atom is -0.299 e. The highest BCUT2D eigenvalue weighted by molar-refractivity contribution is 5.80. The molecule has 0 fully saturated rings. The van der Waals surface area contributed by atoms with E-state index in [2.05, 4.69) is 19.7 Å². The van der Waals surface area contributed by atoms with Gasteiger partial charge in [0.25, 0.3) is 0 Å². The maximum atomic E-state index is 10.5. The molecule has 0 aliphatic carbocycles. The van der Waals surface area contributed by atoms with Crippen LogP contribution in [0, 0.1) is 0 Å². The summed E-state index contributed by atoms with van der Waals surface area (Å²) in [5.41, 5.74) is 1.17. The molecule has 0 unspecified atom stereocenters. The van der Waals surface area contributed by atoms with Gasteiger partial charge in [0.2, 0.25) is 0 Å². The minimum absolute atomic E-state index is 0.176. The van der Waals surface area contributed by atoms with E-state index in [-0.39, 0.29) is 5.78 Å². The van der Waals surface area contributed by atoms with Gasteiger partial charge >= 0.3 is 0 Å². The number of ketones is 1. The van der Waals surface area contributed by atoms with Crippen LogP contribution in [0.2, 0.25) is 0 Å². The minimum atomic E-state index is 0.176. The van der Waals surface area contributed by atoms with Gasteiger partial charge in [-0.3, -0.25) is 4.79 Å². The monoisotopic (exact) mass is 214 g/mol. The van der Waals surface area contributed by atoms with Crippen molar-refractivity contribution in [2.45, 2.75) is 12.8 Å². The van der Waals surface area contributed by atoms with Gasteiger partial charge in [0, 0.05) is 12.8 Å². The van der Waals surface area contributed by atoms with Crippen molar-refractivity contribution in [2.75, 3.05) is 0 Å². The summed E-state index contributed by atoms with van der Waals surface area (Å²) in [5.74, 6) is 0.176. The molecule has 0 heterocycles. The summed E-state index contributed by atoms with van der Waals surface area (Å²) in [6, 6.07) is 10.0. The Morgan fingerprint density at radius 2 is 1.50 bits per heavy atom. The van der Waals surface area contributed by atoms with Crippen molar-refractivity contribution in [2.24, 2.45) is 0 Å². The van der Waals surface area contributed by atoms with Crippen LogP contribution in [0.25, 0.3) is 6.08 Å². The van der Waals surface area contributed by atoms with Gasteiger partial charge in [-0.05, 0) is 5.56 Å². The molecule has 1 rings (SSSR count). The third kappa shape index (κ3) is 7.51. The van der Waals surface area contributed by atoms with Gasteiger partial charge < -0.3 is 0 Å². The van der Waals surface area contributed by atoms with E-state index >= 15 is 0 Å². The van der Waals surface area contributed by atoms with Crippen molar-refractivity contribution in [3.05, 3.63) is 67.8 Å². The molecular weight excluding hydrogens is 196 g/mol. The topological polar surface area (TPSA) is 17.1 Å². The van der Waals surface area contributed by atoms with Gasteiger partial charge in [-0.15, -0.1) is 13.2 Å². The number of carbonyl (C=O) groups excluding carboxylic acids is 1. The molecule has 0 saturated carbocycles. The largest absolute Gasteiger partial charge is 0.299 e. The smallest absolute Gasteiger partial charge is 0.140 e. The van der Waals surface area contributed by atoms with Crippen LogP contribution >= 0.6 is 0 Å². The van der Waals surface area contributed by atoms with Gasteiger partial charge in [-0.2, -0.15) is 0 Å². The first-order chi connectivity index (χ1) is 7.74. The van der Waals surface area contributed by atoms with Crippen LogP contribution in [0.3, 0.4) is 0 Å². The first-order valence-electron chi connectivity index (χ1n) is 5.15. The lowest BCUT2D eigenvalue weighted by Crippen LogP contribution is -1.90. The summed E-state index contributed by atoms with van der Waals surface area (Å²) in [4.78, 5) is 10.5. The van der Waals surface area contributed by atoms with Crippen LogP contribution in [0.4, 0.5) is 0 Å². The molecule has 0 aliphatic rings. The zero-order chi connectivity index (χ0) is 12.2. The molecule has 0 radical (unpaired) electrons. The predicted molar refractivity (Wildman–Crippen MR) is 71.2 cm³/mol. The summed E-state index contributed by atoms with van der Waals surface area (Å²) < 4.78 is 0. The van der Waals surface area contributed by atoms with E-state index in [0.29, 0.717) is 12.8 Å². The van der Waals surface area contributed by atoms with Gasteiger partial charge in [0.15, 0.2) is 0 Å². The number of allylic oxidation sites excluding steroid dienone is 2. The zero-order valence-electron chi connectivity index (χ0n) is 9.56. The lowest BCUT2D eigenvalue weighted by atomic mass is 10.2. The van der Waals surface area contributed by atoms with Crippen LogP contribution in [0.15, 0.2) is 62.2 Å². The van der Waals surface area contributed by atoms with Crippen LogP contribution < -0.4 is 0 Å². The van der Waals surface area contributed by atoms with E-state index < -0.39 is 0 Å². The Labute approximate surface area is 97.8 Å². The quantitative estimate of drug-likeness (QED) is 0.676. The van der Waals surface area contributed by atoms with E-state index in [0.717, 1.165) is 0 Å². The molecular formula is C15H18O. The van der Waals surface area contributed by atoms with Gasteiger partial charge in [-0.25, -0.2) is 0 Å². The molecule has 0 amide bonds. The van der Waals surface area contributed by atoms with Crippen molar-refractivity contribution in [1.29, 1.82) is 0 Å². The molecule has 0 aromatic heterocycles. The van der Waals surface area contributed by atoms with E-state index in [1.165, 1.54) is 5.56 Å². The Morgan fingerprint density at radius 1 is 1.00 bits per heavy atom. The SMILES string of the molecule is C=CCC(=O)CC=C.C=Cc1ccccc1.